The summed E-state index contributed by atoms with van der Waals surface area (Å²) < 4.78 is 5.55. The monoisotopic (exact) mass is 381 g/mol. The highest BCUT2D eigenvalue weighted by Crippen LogP contribution is 2.39. The Bertz CT molecular complexity index is 866. The first-order chi connectivity index (χ1) is 13.5. The van der Waals surface area contributed by atoms with Crippen molar-refractivity contribution in [1.29, 1.82) is 0 Å². The maximum absolute atomic E-state index is 12.8. The molecule has 28 heavy (non-hydrogen) atoms. The second kappa shape index (κ2) is 8.75. The predicted molar refractivity (Wildman–Crippen MR) is 103 cm³/mol. The van der Waals surface area contributed by atoms with Crippen LogP contribution in [-0.2, 0) is 14.3 Å². The first-order valence-electron chi connectivity index (χ1n) is 9.21. The van der Waals surface area contributed by atoms with Gasteiger partial charge < -0.3 is 14.7 Å². The van der Waals surface area contributed by atoms with Gasteiger partial charge in [-0.25, -0.2) is 0 Å². The normalized spacial score (nSPS) is 18.8. The van der Waals surface area contributed by atoms with Crippen LogP contribution < -0.4 is 0 Å². The number of aliphatic hydroxyl groups excluding tert-OH is 1. The number of rotatable bonds is 7. The van der Waals surface area contributed by atoms with Gasteiger partial charge in [-0.15, -0.1) is 0 Å². The second-order valence-corrected chi connectivity index (χ2v) is 6.78. The molecule has 1 aliphatic rings. The van der Waals surface area contributed by atoms with E-state index < -0.39 is 17.7 Å². The molecule has 0 aromatic carbocycles. The van der Waals surface area contributed by atoms with E-state index in [1.165, 1.54) is 17.3 Å². The minimum Gasteiger partial charge on any atom is -0.507 e. The molecule has 0 saturated carbocycles. The number of likely N-dealkylation sites (tertiary alicyclic amines) is 1. The number of carbonyl (C=O) groups is 2. The van der Waals surface area contributed by atoms with Crippen LogP contribution >= 0.6 is 0 Å². The lowest BCUT2D eigenvalue weighted by Gasteiger charge is -2.25. The summed E-state index contributed by atoms with van der Waals surface area (Å²) >= 11 is 0. The number of ether oxygens (including phenoxy) is 1. The van der Waals surface area contributed by atoms with Crippen LogP contribution in [0.2, 0.25) is 0 Å². The Kier molecular flexibility index (Phi) is 6.16. The number of ketones is 1. The molecule has 1 atom stereocenters. The van der Waals surface area contributed by atoms with Crippen LogP contribution in [0.4, 0.5) is 0 Å². The van der Waals surface area contributed by atoms with Gasteiger partial charge in [0.05, 0.1) is 17.7 Å². The summed E-state index contributed by atoms with van der Waals surface area (Å²) in [6.45, 7) is 4.71. The van der Waals surface area contributed by atoms with E-state index in [9.17, 15) is 14.7 Å². The van der Waals surface area contributed by atoms with Crippen molar-refractivity contribution in [2.75, 3.05) is 13.2 Å². The van der Waals surface area contributed by atoms with Crippen LogP contribution in [0.15, 0.2) is 54.6 Å². The van der Waals surface area contributed by atoms with E-state index in [4.69, 9.17) is 4.74 Å². The smallest absolute Gasteiger partial charge is 0.295 e. The van der Waals surface area contributed by atoms with Gasteiger partial charge >= 0.3 is 0 Å². The molecular weight excluding hydrogens is 358 g/mol. The van der Waals surface area contributed by atoms with Gasteiger partial charge in [0.2, 0.25) is 0 Å². The molecule has 1 fully saturated rings. The van der Waals surface area contributed by atoms with Crippen LogP contribution in [0.5, 0.6) is 0 Å². The fraction of sp³-hybridized carbons (Fsp3) is 0.333. The average molecular weight is 381 g/mol. The fourth-order valence-electron chi connectivity index (χ4n) is 3.22. The highest BCUT2D eigenvalue weighted by atomic mass is 16.5. The van der Waals surface area contributed by atoms with Crippen molar-refractivity contribution in [3.05, 3.63) is 65.8 Å². The highest BCUT2D eigenvalue weighted by Gasteiger charge is 2.45. The van der Waals surface area contributed by atoms with E-state index in [0.29, 0.717) is 25.1 Å². The van der Waals surface area contributed by atoms with Crippen LogP contribution in [0.1, 0.15) is 37.4 Å². The van der Waals surface area contributed by atoms with Crippen LogP contribution in [-0.4, -0.2) is 50.9 Å². The third-order valence-corrected chi connectivity index (χ3v) is 4.51. The molecule has 3 rings (SSSR count). The first-order valence-corrected chi connectivity index (χ1v) is 9.21. The Morgan fingerprint density at radius 3 is 2.32 bits per heavy atom. The number of hydrogen-bond donors (Lipinski definition) is 1. The van der Waals surface area contributed by atoms with E-state index in [2.05, 4.69) is 9.97 Å². The molecule has 7 nitrogen and oxygen atoms in total. The second-order valence-electron chi connectivity index (χ2n) is 6.78. The molecule has 7 heteroatoms. The van der Waals surface area contributed by atoms with Gasteiger partial charge in [0, 0.05) is 43.5 Å². The largest absolute Gasteiger partial charge is 0.507 e. The predicted octanol–water partition coefficient (Wildman–Crippen LogP) is 2.71. The van der Waals surface area contributed by atoms with Crippen LogP contribution in [0.3, 0.4) is 0 Å². The number of aromatic nitrogens is 2. The minimum atomic E-state index is -0.694. The van der Waals surface area contributed by atoms with Crippen molar-refractivity contribution in [3.63, 3.8) is 0 Å². The Labute approximate surface area is 163 Å². The molecule has 0 bridgehead atoms. The Hall–Kier alpha value is -3.06. The number of nitrogens with zero attached hydrogens (tertiary/aromatic N) is 3. The van der Waals surface area contributed by atoms with E-state index in [0.717, 1.165) is 5.56 Å². The zero-order valence-electron chi connectivity index (χ0n) is 15.9. The average Bonchev–Trinajstić information content (AvgIpc) is 2.96. The van der Waals surface area contributed by atoms with E-state index in [1.807, 2.05) is 13.8 Å². The van der Waals surface area contributed by atoms with Gasteiger partial charge in [-0.3, -0.25) is 19.6 Å². The standard InChI is InChI=1S/C21H23N3O4/c1-14(2)28-13-3-12-24-18(15-4-8-22-9-5-15)17(20(26)21(24)27)19(25)16-6-10-23-11-7-16/h4-11,14,18,25H,3,12-13H2,1-2H3/b19-17-. The van der Waals surface area contributed by atoms with Gasteiger partial charge in [0.1, 0.15) is 5.76 Å². The molecule has 1 saturated heterocycles. The Morgan fingerprint density at radius 2 is 1.71 bits per heavy atom. The van der Waals surface area contributed by atoms with Crippen LogP contribution in [0.25, 0.3) is 5.76 Å². The summed E-state index contributed by atoms with van der Waals surface area (Å²) in [5.74, 6) is -1.52. The highest BCUT2D eigenvalue weighted by molar-refractivity contribution is 6.46. The lowest BCUT2D eigenvalue weighted by molar-refractivity contribution is -0.140. The summed E-state index contributed by atoms with van der Waals surface area (Å²) in [5.41, 5.74) is 1.23. The molecule has 0 spiro atoms. The summed E-state index contributed by atoms with van der Waals surface area (Å²) in [6, 6.07) is 6.02. The van der Waals surface area contributed by atoms with Gasteiger partial charge in [-0.1, -0.05) is 0 Å². The lowest BCUT2D eigenvalue weighted by Crippen LogP contribution is -2.31. The third-order valence-electron chi connectivity index (χ3n) is 4.51. The first kappa shape index (κ1) is 19.7. The summed E-state index contributed by atoms with van der Waals surface area (Å²) in [6.07, 6.45) is 6.93. The number of aliphatic hydroxyl groups is 1. The molecule has 1 amide bonds. The van der Waals surface area contributed by atoms with Crippen molar-refractivity contribution in [1.82, 2.24) is 14.9 Å². The summed E-state index contributed by atoms with van der Waals surface area (Å²) in [5, 5.41) is 10.8. The molecule has 1 unspecified atom stereocenters. The maximum atomic E-state index is 12.8. The maximum Gasteiger partial charge on any atom is 0.295 e. The molecule has 0 radical (unpaired) electrons. The molecular formula is C21H23N3O4. The Balaban J connectivity index is 1.99. The summed E-state index contributed by atoms with van der Waals surface area (Å²) in [4.78, 5) is 34.9. The lowest BCUT2D eigenvalue weighted by atomic mass is 9.96. The van der Waals surface area contributed by atoms with E-state index in [1.54, 1.807) is 36.7 Å². The molecule has 2 aromatic heterocycles. The topological polar surface area (TPSA) is 92.6 Å². The van der Waals surface area contributed by atoms with Gasteiger partial charge in [0.25, 0.3) is 11.7 Å². The molecule has 2 aromatic rings. The number of hydrogen-bond acceptors (Lipinski definition) is 6. The van der Waals surface area contributed by atoms with Gasteiger partial charge in [0.15, 0.2) is 0 Å². The SMILES string of the molecule is CC(C)OCCCN1C(=O)C(=O)/C(=C(\O)c2ccncc2)C1c1ccncc1. The van der Waals surface area contributed by atoms with Crippen molar-refractivity contribution < 1.29 is 19.4 Å². The number of pyridine rings is 2. The molecule has 3 heterocycles. The van der Waals surface area contributed by atoms with Gasteiger partial charge in [-0.2, -0.15) is 0 Å². The van der Waals surface area contributed by atoms with Crippen molar-refractivity contribution in [3.8, 4) is 0 Å². The molecule has 0 aliphatic carbocycles. The minimum absolute atomic E-state index is 0.0761. The quantitative estimate of drug-likeness (QED) is 0.343. The van der Waals surface area contributed by atoms with Crippen molar-refractivity contribution in [2.24, 2.45) is 0 Å². The third kappa shape index (κ3) is 4.09. The van der Waals surface area contributed by atoms with Crippen molar-refractivity contribution >= 4 is 17.4 Å². The summed E-state index contributed by atoms with van der Waals surface area (Å²) in [7, 11) is 0. The molecule has 146 valence electrons. The zero-order valence-corrected chi connectivity index (χ0v) is 15.9. The van der Waals surface area contributed by atoms with Gasteiger partial charge in [-0.05, 0) is 50.1 Å². The zero-order chi connectivity index (χ0) is 20.1. The number of amides is 1. The number of Topliss-reactive ketones (excluding diaryl/α,β-unsaturated/α-hetero) is 1. The van der Waals surface area contributed by atoms with E-state index in [-0.39, 0.29) is 17.4 Å². The molecule has 1 N–H and O–H groups in total. The van der Waals surface area contributed by atoms with Crippen LogP contribution in [0, 0.1) is 0 Å². The molecule has 1 aliphatic heterocycles. The van der Waals surface area contributed by atoms with Crippen molar-refractivity contribution in [2.45, 2.75) is 32.4 Å². The number of carbonyl (C=O) groups excluding carboxylic acids is 2. The van der Waals surface area contributed by atoms with E-state index >= 15 is 0 Å². The fourth-order valence-corrected chi connectivity index (χ4v) is 3.22. The Morgan fingerprint density at radius 1 is 1.11 bits per heavy atom.